The Morgan fingerprint density at radius 3 is 2.73 bits per heavy atom. The first-order chi connectivity index (χ1) is 19.2. The molecule has 0 unspecified atom stereocenters. The molecule has 206 valence electrons. The van der Waals surface area contributed by atoms with Gasteiger partial charge in [0, 0.05) is 22.7 Å². The van der Waals surface area contributed by atoms with Gasteiger partial charge in [-0.15, -0.1) is 11.3 Å². The minimum Gasteiger partial charge on any atom is -0.487 e. The molecule has 0 aliphatic heterocycles. The SMILES string of the molecule is CS(=O)(=O)CCOCc1nc(-c2cc3c(Nc4ccc(OCc5cccc(F)c5)c(Cl)c4)ncnc3cn2)cs1. The fourth-order valence-corrected chi connectivity index (χ4v) is 5.06. The van der Waals surface area contributed by atoms with Crippen LogP contribution in [0.5, 0.6) is 5.75 Å². The van der Waals surface area contributed by atoms with Gasteiger partial charge in [0.05, 0.1) is 47.1 Å². The lowest BCUT2D eigenvalue weighted by Gasteiger charge is -2.12. The zero-order valence-electron chi connectivity index (χ0n) is 21.2. The lowest BCUT2D eigenvalue weighted by molar-refractivity contribution is 0.135. The largest absolute Gasteiger partial charge is 0.487 e. The van der Waals surface area contributed by atoms with Crippen LogP contribution in [0.4, 0.5) is 15.9 Å². The Balaban J connectivity index is 1.29. The van der Waals surface area contributed by atoms with Crippen LogP contribution in [0.25, 0.3) is 22.3 Å². The van der Waals surface area contributed by atoms with Crippen LogP contribution in [0.2, 0.25) is 5.02 Å². The number of pyridine rings is 1. The second kappa shape index (κ2) is 12.2. The van der Waals surface area contributed by atoms with Gasteiger partial charge in [-0.1, -0.05) is 23.7 Å². The zero-order valence-corrected chi connectivity index (χ0v) is 23.6. The van der Waals surface area contributed by atoms with Crippen molar-refractivity contribution >= 4 is 55.2 Å². The van der Waals surface area contributed by atoms with Gasteiger partial charge < -0.3 is 14.8 Å². The van der Waals surface area contributed by atoms with Crippen LogP contribution >= 0.6 is 22.9 Å². The summed E-state index contributed by atoms with van der Waals surface area (Å²) in [5.41, 5.74) is 3.31. The van der Waals surface area contributed by atoms with Crippen molar-refractivity contribution < 1.29 is 22.3 Å². The molecule has 5 rings (SSSR count). The van der Waals surface area contributed by atoms with Gasteiger partial charge in [-0.25, -0.2) is 27.8 Å². The topological polar surface area (TPSA) is 116 Å². The van der Waals surface area contributed by atoms with Gasteiger partial charge in [0.2, 0.25) is 0 Å². The minimum atomic E-state index is -3.08. The number of ether oxygens (including phenoxy) is 2. The quantitative estimate of drug-likeness (QED) is 0.187. The molecule has 5 aromatic rings. The Labute approximate surface area is 238 Å². The van der Waals surface area contributed by atoms with Crippen molar-refractivity contribution in [3.8, 4) is 17.1 Å². The van der Waals surface area contributed by atoms with Crippen LogP contribution in [0, 0.1) is 5.82 Å². The summed E-state index contributed by atoms with van der Waals surface area (Å²) in [5, 5.41) is 6.96. The third-order valence-electron chi connectivity index (χ3n) is 5.64. The highest BCUT2D eigenvalue weighted by Gasteiger charge is 2.12. The van der Waals surface area contributed by atoms with Crippen LogP contribution < -0.4 is 10.1 Å². The number of fused-ring (bicyclic) bond motifs is 1. The summed E-state index contributed by atoms with van der Waals surface area (Å²) < 4.78 is 47.2. The summed E-state index contributed by atoms with van der Waals surface area (Å²) in [4.78, 5) is 17.8. The fraction of sp³-hybridized carbons (Fsp3) is 0.185. The third kappa shape index (κ3) is 7.27. The zero-order chi connectivity index (χ0) is 28.1. The monoisotopic (exact) mass is 599 g/mol. The van der Waals surface area contributed by atoms with Crippen molar-refractivity contribution in [3.63, 3.8) is 0 Å². The number of rotatable bonds is 11. The first-order valence-corrected chi connectivity index (χ1v) is 15.3. The highest BCUT2D eigenvalue weighted by atomic mass is 35.5. The number of hydrogen-bond acceptors (Lipinski definition) is 10. The maximum absolute atomic E-state index is 13.4. The molecule has 40 heavy (non-hydrogen) atoms. The number of halogens is 2. The summed E-state index contributed by atoms with van der Waals surface area (Å²) >= 11 is 7.86. The maximum atomic E-state index is 13.4. The summed E-state index contributed by atoms with van der Waals surface area (Å²) in [6.45, 7) is 0.506. The van der Waals surface area contributed by atoms with Crippen LogP contribution in [0.1, 0.15) is 10.6 Å². The summed E-state index contributed by atoms with van der Waals surface area (Å²) in [5.74, 6) is 0.657. The molecule has 2 aromatic carbocycles. The highest BCUT2D eigenvalue weighted by molar-refractivity contribution is 7.90. The first kappa shape index (κ1) is 27.8. The summed E-state index contributed by atoms with van der Waals surface area (Å²) in [6, 6.07) is 13.3. The van der Waals surface area contributed by atoms with Gasteiger partial charge in [-0.3, -0.25) is 4.98 Å². The van der Waals surface area contributed by atoms with Gasteiger partial charge in [0.15, 0.2) is 0 Å². The van der Waals surface area contributed by atoms with Crippen LogP contribution in [0.3, 0.4) is 0 Å². The van der Waals surface area contributed by atoms with E-state index in [1.807, 2.05) is 11.4 Å². The molecule has 0 fully saturated rings. The van der Waals surface area contributed by atoms with E-state index in [4.69, 9.17) is 21.1 Å². The fourth-order valence-electron chi connectivity index (χ4n) is 3.68. The number of sulfone groups is 1. The molecule has 0 spiro atoms. The molecule has 0 saturated carbocycles. The van der Waals surface area contributed by atoms with E-state index in [2.05, 4.69) is 25.3 Å². The maximum Gasteiger partial charge on any atom is 0.149 e. The van der Waals surface area contributed by atoms with Crippen molar-refractivity contribution in [1.29, 1.82) is 0 Å². The Hall–Kier alpha value is -3.71. The van der Waals surface area contributed by atoms with Crippen molar-refractivity contribution in [1.82, 2.24) is 19.9 Å². The average Bonchev–Trinajstić information content (AvgIpc) is 3.39. The van der Waals surface area contributed by atoms with Gasteiger partial charge in [-0.05, 0) is 42.0 Å². The predicted molar refractivity (Wildman–Crippen MR) is 153 cm³/mol. The Morgan fingerprint density at radius 1 is 1.05 bits per heavy atom. The van der Waals surface area contributed by atoms with Gasteiger partial charge >= 0.3 is 0 Å². The molecule has 0 saturated heterocycles. The Bertz CT molecular complexity index is 1770. The molecule has 13 heteroatoms. The van der Waals surface area contributed by atoms with E-state index in [1.165, 1.54) is 36.1 Å². The van der Waals surface area contributed by atoms with Crippen molar-refractivity contribution in [2.24, 2.45) is 0 Å². The molecule has 1 N–H and O–H groups in total. The second-order valence-electron chi connectivity index (χ2n) is 8.81. The highest BCUT2D eigenvalue weighted by Crippen LogP contribution is 2.32. The second-order valence-corrected chi connectivity index (χ2v) is 12.4. The smallest absolute Gasteiger partial charge is 0.149 e. The average molecular weight is 600 g/mol. The lowest BCUT2D eigenvalue weighted by atomic mass is 10.2. The van der Waals surface area contributed by atoms with Gasteiger partial charge in [-0.2, -0.15) is 0 Å². The summed E-state index contributed by atoms with van der Waals surface area (Å²) in [7, 11) is -3.08. The number of nitrogens with one attached hydrogen (secondary N) is 1. The molecule has 0 amide bonds. The van der Waals surface area contributed by atoms with E-state index in [0.717, 1.165) is 5.39 Å². The van der Waals surface area contributed by atoms with Crippen LogP contribution in [0.15, 0.2) is 66.4 Å². The molecule has 0 aliphatic carbocycles. The number of nitrogens with zero attached hydrogens (tertiary/aromatic N) is 4. The number of benzene rings is 2. The Kier molecular flexibility index (Phi) is 8.50. The molecule has 0 bridgehead atoms. The standard InChI is InChI=1S/C27H23ClFN5O4S2/c1-40(35,36)8-7-37-14-26-34-24(15-39-26)22-11-20-23(12-30-22)31-16-32-27(20)33-19-5-6-25(21(28)10-19)38-13-17-3-2-4-18(29)9-17/h2-6,9-12,15-16H,7-8,13-14H2,1H3,(H,31,32,33). The van der Waals surface area contributed by atoms with Crippen LogP contribution in [-0.4, -0.2) is 47.0 Å². The minimum absolute atomic E-state index is 0.0386. The van der Waals surface area contributed by atoms with Gasteiger partial charge in [0.1, 0.15) is 45.2 Å². The van der Waals surface area contributed by atoms with Gasteiger partial charge in [0.25, 0.3) is 0 Å². The number of thiazole rings is 1. The first-order valence-electron chi connectivity index (χ1n) is 12.0. The van der Waals surface area contributed by atoms with Crippen molar-refractivity contribution in [2.45, 2.75) is 13.2 Å². The molecule has 3 heterocycles. The van der Waals surface area contributed by atoms with E-state index in [0.29, 0.717) is 49.8 Å². The van der Waals surface area contributed by atoms with E-state index in [9.17, 15) is 12.8 Å². The normalized spacial score (nSPS) is 11.6. The van der Waals surface area contributed by atoms with Crippen molar-refractivity contribution in [2.75, 3.05) is 23.9 Å². The van der Waals surface area contributed by atoms with Crippen molar-refractivity contribution in [3.05, 3.63) is 87.8 Å². The molecular formula is C27H23ClFN5O4S2. The Morgan fingerprint density at radius 2 is 1.93 bits per heavy atom. The number of hydrogen-bond donors (Lipinski definition) is 1. The predicted octanol–water partition coefficient (Wildman–Crippen LogP) is 5.82. The molecule has 0 radical (unpaired) electrons. The van der Waals surface area contributed by atoms with E-state index >= 15 is 0 Å². The summed E-state index contributed by atoms with van der Waals surface area (Å²) in [6.07, 6.45) is 4.26. The van der Waals surface area contributed by atoms with E-state index in [-0.39, 0.29) is 31.4 Å². The third-order valence-corrected chi connectivity index (χ3v) is 7.66. The molecule has 9 nitrogen and oxygen atoms in total. The molecule has 0 atom stereocenters. The lowest BCUT2D eigenvalue weighted by Crippen LogP contribution is -2.09. The molecule has 3 aromatic heterocycles. The molecular weight excluding hydrogens is 577 g/mol. The number of anilines is 2. The number of aromatic nitrogens is 4. The van der Waals surface area contributed by atoms with E-state index in [1.54, 1.807) is 36.5 Å². The van der Waals surface area contributed by atoms with E-state index < -0.39 is 9.84 Å². The van der Waals surface area contributed by atoms with Crippen LogP contribution in [-0.2, 0) is 27.8 Å². The molecule has 0 aliphatic rings.